The van der Waals surface area contributed by atoms with Gasteiger partial charge in [-0.3, -0.25) is 4.79 Å². The number of allylic oxidation sites excluding steroid dienone is 3. The molecule has 1 aliphatic carbocycles. The second-order valence-electron chi connectivity index (χ2n) is 7.93. The van der Waals surface area contributed by atoms with Gasteiger partial charge < -0.3 is 20.2 Å². The maximum atomic E-state index is 13.2. The molecule has 2 heterocycles. The number of nitro groups is 1. The van der Waals surface area contributed by atoms with Crippen molar-refractivity contribution in [2.45, 2.75) is 38.5 Å². The first-order chi connectivity index (χ1) is 15.4. The van der Waals surface area contributed by atoms with Gasteiger partial charge in [0.25, 0.3) is 0 Å². The van der Waals surface area contributed by atoms with Crippen molar-refractivity contribution in [2.75, 3.05) is 6.61 Å². The number of ketones is 1. The average molecular weight is 436 g/mol. The highest BCUT2D eigenvalue weighted by atomic mass is 16.6. The average Bonchev–Trinajstić information content (AvgIpc) is 3.15. The predicted molar refractivity (Wildman–Crippen MR) is 115 cm³/mol. The number of carbonyl (C=O) groups excluding carboxylic acids is 2. The van der Waals surface area contributed by atoms with Crippen molar-refractivity contribution in [3.63, 3.8) is 0 Å². The van der Waals surface area contributed by atoms with Crippen LogP contribution in [-0.2, 0) is 27.8 Å². The molecule has 0 fully saturated rings. The summed E-state index contributed by atoms with van der Waals surface area (Å²) in [5.74, 6) is -1.40. The predicted octanol–water partition coefficient (Wildman–Crippen LogP) is 3.08. The van der Waals surface area contributed by atoms with E-state index in [1.807, 2.05) is 30.3 Å². The zero-order valence-electron chi connectivity index (χ0n) is 18.0. The molecule has 4 rings (SSSR count). The lowest BCUT2D eigenvalue weighted by Crippen LogP contribution is -2.35. The largest absolute Gasteiger partial charge is 0.462 e. The van der Waals surface area contributed by atoms with E-state index in [-0.39, 0.29) is 29.6 Å². The van der Waals surface area contributed by atoms with E-state index in [0.29, 0.717) is 37.0 Å². The Morgan fingerprint density at radius 3 is 2.75 bits per heavy atom. The Morgan fingerprint density at radius 1 is 1.31 bits per heavy atom. The molecule has 1 atom stereocenters. The minimum absolute atomic E-state index is 0.0866. The molecule has 0 spiro atoms. The summed E-state index contributed by atoms with van der Waals surface area (Å²) < 4.78 is 6.90. The summed E-state index contributed by atoms with van der Waals surface area (Å²) in [6.07, 6.45) is 3.44. The lowest BCUT2D eigenvalue weighted by Gasteiger charge is -2.32. The molecule has 166 valence electrons. The van der Waals surface area contributed by atoms with Gasteiger partial charge in [0.15, 0.2) is 5.78 Å². The van der Waals surface area contributed by atoms with E-state index >= 15 is 0 Å². The van der Waals surface area contributed by atoms with Crippen LogP contribution in [0.15, 0.2) is 59.1 Å². The van der Waals surface area contributed by atoms with Gasteiger partial charge in [0.2, 0.25) is 5.82 Å². The van der Waals surface area contributed by atoms with Crippen LogP contribution < -0.4 is 5.32 Å². The number of aromatic nitrogens is 2. The number of ether oxygens (including phenoxy) is 1. The summed E-state index contributed by atoms with van der Waals surface area (Å²) in [5, 5.41) is 14.6. The van der Waals surface area contributed by atoms with Crippen molar-refractivity contribution in [3.05, 3.63) is 80.6 Å². The molecule has 0 saturated heterocycles. The van der Waals surface area contributed by atoms with Gasteiger partial charge in [-0.1, -0.05) is 30.3 Å². The van der Waals surface area contributed by atoms with Crippen LogP contribution in [0, 0.1) is 10.1 Å². The number of dihydropyridines is 1. The molecule has 9 nitrogen and oxygen atoms in total. The zero-order chi connectivity index (χ0) is 22.8. The molecular formula is C23H24N4O5. The number of carbonyl (C=O) groups is 2. The SMILES string of the molecule is CC1=C(C(=O)OCCc2ccccc2)C(c2ncc([N+](=O)[O-])n2C)C2=C(CCCC2=O)N1. The Labute approximate surface area is 184 Å². The number of esters is 1. The number of nitrogens with one attached hydrogen (secondary N) is 1. The van der Waals surface area contributed by atoms with Crippen molar-refractivity contribution in [1.82, 2.24) is 14.9 Å². The van der Waals surface area contributed by atoms with Crippen LogP contribution in [0.3, 0.4) is 0 Å². The van der Waals surface area contributed by atoms with E-state index in [9.17, 15) is 19.7 Å². The molecule has 1 unspecified atom stereocenters. The first kappa shape index (κ1) is 21.5. The van der Waals surface area contributed by atoms with Gasteiger partial charge in [-0.15, -0.1) is 0 Å². The molecule has 0 saturated carbocycles. The molecule has 1 N–H and O–H groups in total. The van der Waals surface area contributed by atoms with E-state index in [4.69, 9.17) is 4.74 Å². The second kappa shape index (κ2) is 8.78. The number of hydrogen-bond acceptors (Lipinski definition) is 7. The summed E-state index contributed by atoms with van der Waals surface area (Å²) in [6.45, 7) is 1.92. The van der Waals surface area contributed by atoms with Crippen LogP contribution in [-0.4, -0.2) is 32.8 Å². The highest BCUT2D eigenvalue weighted by molar-refractivity contribution is 6.03. The second-order valence-corrected chi connectivity index (χ2v) is 7.93. The molecule has 0 amide bonds. The van der Waals surface area contributed by atoms with Crippen LogP contribution in [0.25, 0.3) is 0 Å². The number of imidazole rings is 1. The van der Waals surface area contributed by atoms with Gasteiger partial charge in [-0.2, -0.15) is 0 Å². The highest BCUT2D eigenvalue weighted by Crippen LogP contribution is 2.42. The number of hydrogen-bond donors (Lipinski definition) is 1. The van der Waals surface area contributed by atoms with Gasteiger partial charge in [-0.25, -0.2) is 14.3 Å². The molecule has 9 heteroatoms. The molecule has 1 aromatic carbocycles. The number of nitrogens with zero attached hydrogens (tertiary/aromatic N) is 3. The monoisotopic (exact) mass is 436 g/mol. The Bertz CT molecular complexity index is 1150. The maximum Gasteiger partial charge on any atom is 0.342 e. The fourth-order valence-corrected chi connectivity index (χ4v) is 4.35. The molecule has 2 aromatic rings. The van der Waals surface area contributed by atoms with Crippen LogP contribution in [0.2, 0.25) is 0 Å². The van der Waals surface area contributed by atoms with Gasteiger partial charge in [-0.05, 0) is 30.3 Å². The maximum absolute atomic E-state index is 13.2. The minimum Gasteiger partial charge on any atom is -0.462 e. The van der Waals surface area contributed by atoms with E-state index < -0.39 is 16.8 Å². The van der Waals surface area contributed by atoms with Crippen LogP contribution in [0.5, 0.6) is 0 Å². The summed E-state index contributed by atoms with van der Waals surface area (Å²) in [5.41, 5.74) is 3.06. The van der Waals surface area contributed by atoms with Crippen molar-refractivity contribution >= 4 is 17.6 Å². The van der Waals surface area contributed by atoms with E-state index in [0.717, 1.165) is 17.5 Å². The summed E-state index contributed by atoms with van der Waals surface area (Å²) in [4.78, 5) is 41.2. The lowest BCUT2D eigenvalue weighted by atomic mass is 9.78. The van der Waals surface area contributed by atoms with E-state index in [1.165, 1.54) is 11.6 Å². The van der Waals surface area contributed by atoms with E-state index in [1.54, 1.807) is 6.92 Å². The lowest BCUT2D eigenvalue weighted by molar-refractivity contribution is -0.391. The summed E-state index contributed by atoms with van der Waals surface area (Å²) in [7, 11) is 1.52. The zero-order valence-corrected chi connectivity index (χ0v) is 18.0. The molecule has 32 heavy (non-hydrogen) atoms. The molecule has 2 aliphatic rings. The third-order valence-corrected chi connectivity index (χ3v) is 5.91. The van der Waals surface area contributed by atoms with Crippen molar-refractivity contribution in [2.24, 2.45) is 7.05 Å². The standard InChI is InChI=1S/C23H24N4O5/c1-14-19(23(29)32-12-11-15-7-4-3-5-8-15)21(20-16(25-14)9-6-10-17(20)28)22-24-13-18(26(22)2)27(30)31/h3-5,7-8,13,21,25H,6,9-12H2,1-2H3. The minimum atomic E-state index is -0.818. The topological polar surface area (TPSA) is 116 Å². The Kier molecular flexibility index (Phi) is 5.89. The molecular weight excluding hydrogens is 412 g/mol. The number of benzene rings is 1. The first-order valence-electron chi connectivity index (χ1n) is 10.5. The molecule has 1 aliphatic heterocycles. The highest BCUT2D eigenvalue weighted by Gasteiger charge is 2.43. The number of rotatable bonds is 6. The Balaban J connectivity index is 1.68. The van der Waals surface area contributed by atoms with Crippen molar-refractivity contribution < 1.29 is 19.2 Å². The van der Waals surface area contributed by atoms with E-state index in [2.05, 4.69) is 10.3 Å². The number of Topliss-reactive ketones (excluding diaryl/α,β-unsaturated/α-hetero) is 1. The smallest absolute Gasteiger partial charge is 0.342 e. The Hall–Kier alpha value is -3.75. The van der Waals surface area contributed by atoms with Gasteiger partial charge >= 0.3 is 11.8 Å². The van der Waals surface area contributed by atoms with Crippen LogP contribution in [0.1, 0.15) is 43.5 Å². The Morgan fingerprint density at radius 2 is 2.06 bits per heavy atom. The summed E-state index contributed by atoms with van der Waals surface area (Å²) >= 11 is 0. The van der Waals surface area contributed by atoms with Crippen LogP contribution >= 0.6 is 0 Å². The fourth-order valence-electron chi connectivity index (χ4n) is 4.35. The summed E-state index contributed by atoms with van der Waals surface area (Å²) in [6, 6.07) is 9.66. The van der Waals surface area contributed by atoms with Gasteiger partial charge in [0.05, 0.1) is 19.2 Å². The third-order valence-electron chi connectivity index (χ3n) is 5.91. The van der Waals surface area contributed by atoms with Crippen molar-refractivity contribution in [1.29, 1.82) is 0 Å². The normalized spacial score (nSPS) is 18.3. The quantitative estimate of drug-likeness (QED) is 0.420. The molecule has 0 radical (unpaired) electrons. The first-order valence-corrected chi connectivity index (χ1v) is 10.5. The fraction of sp³-hybridized carbons (Fsp3) is 0.348. The van der Waals surface area contributed by atoms with Gasteiger partial charge in [0.1, 0.15) is 12.1 Å². The third kappa shape index (κ3) is 3.93. The van der Waals surface area contributed by atoms with Gasteiger partial charge in [0, 0.05) is 29.8 Å². The molecule has 0 bridgehead atoms. The van der Waals surface area contributed by atoms with Crippen LogP contribution in [0.4, 0.5) is 5.82 Å². The molecule has 1 aromatic heterocycles. The van der Waals surface area contributed by atoms with Crippen molar-refractivity contribution in [3.8, 4) is 0 Å².